The van der Waals surface area contributed by atoms with Gasteiger partial charge < -0.3 is 9.47 Å². The van der Waals surface area contributed by atoms with Gasteiger partial charge in [0.25, 0.3) is 0 Å². The Morgan fingerprint density at radius 1 is 1.09 bits per heavy atom. The SMILES string of the molecule is CCOC(=O)C(C(=O)OCC)c1cc(C#N)c(C#N)cc1F. The fraction of sp³-hybridized carbons (Fsp3) is 0.333. The fourth-order valence-corrected chi connectivity index (χ4v) is 1.80. The Morgan fingerprint density at radius 3 is 1.95 bits per heavy atom. The molecule has 0 aliphatic rings. The van der Waals surface area contributed by atoms with E-state index in [0.29, 0.717) is 0 Å². The van der Waals surface area contributed by atoms with Crippen LogP contribution >= 0.6 is 0 Å². The monoisotopic (exact) mass is 304 g/mol. The lowest BCUT2D eigenvalue weighted by Crippen LogP contribution is -2.27. The van der Waals surface area contributed by atoms with Crippen molar-refractivity contribution in [3.05, 3.63) is 34.6 Å². The summed E-state index contributed by atoms with van der Waals surface area (Å²) < 4.78 is 23.6. The van der Waals surface area contributed by atoms with E-state index in [1.54, 1.807) is 12.1 Å². The standard InChI is InChI=1S/C15H13FN2O4/c1-3-21-14(19)13(15(20)22-4-2)11-5-9(7-17)10(8-18)6-12(11)16/h5-6,13H,3-4H2,1-2H3. The van der Waals surface area contributed by atoms with E-state index in [4.69, 9.17) is 20.0 Å². The minimum Gasteiger partial charge on any atom is -0.465 e. The van der Waals surface area contributed by atoms with Crippen molar-refractivity contribution in [1.82, 2.24) is 0 Å². The molecule has 0 bridgehead atoms. The first-order valence-corrected chi connectivity index (χ1v) is 6.46. The van der Waals surface area contributed by atoms with Crippen LogP contribution in [0.2, 0.25) is 0 Å². The molecule has 0 amide bonds. The summed E-state index contributed by atoms with van der Waals surface area (Å²) in [7, 11) is 0. The zero-order valence-corrected chi connectivity index (χ0v) is 12.1. The summed E-state index contributed by atoms with van der Waals surface area (Å²) in [6, 6.07) is 5.18. The lowest BCUT2D eigenvalue weighted by atomic mass is 9.94. The van der Waals surface area contributed by atoms with Crippen molar-refractivity contribution < 1.29 is 23.5 Å². The molecule has 7 heteroatoms. The van der Waals surface area contributed by atoms with Crippen molar-refractivity contribution in [3.63, 3.8) is 0 Å². The second-order valence-electron chi connectivity index (χ2n) is 4.08. The quantitative estimate of drug-likeness (QED) is 0.607. The van der Waals surface area contributed by atoms with Crippen LogP contribution in [0.4, 0.5) is 4.39 Å². The molecule has 0 heterocycles. The van der Waals surface area contributed by atoms with Gasteiger partial charge in [0.15, 0.2) is 5.92 Å². The summed E-state index contributed by atoms with van der Waals surface area (Å²) in [5.41, 5.74) is -0.680. The molecule has 0 atom stereocenters. The topological polar surface area (TPSA) is 100 Å². The van der Waals surface area contributed by atoms with Crippen LogP contribution in [0.15, 0.2) is 12.1 Å². The smallest absolute Gasteiger partial charge is 0.324 e. The van der Waals surface area contributed by atoms with Gasteiger partial charge in [-0.05, 0) is 26.0 Å². The predicted octanol–water partition coefficient (Wildman–Crippen LogP) is 1.78. The van der Waals surface area contributed by atoms with E-state index in [0.717, 1.165) is 12.1 Å². The maximum absolute atomic E-state index is 14.1. The third-order valence-electron chi connectivity index (χ3n) is 2.73. The van der Waals surface area contributed by atoms with Crippen molar-refractivity contribution in [1.29, 1.82) is 10.5 Å². The van der Waals surface area contributed by atoms with Gasteiger partial charge >= 0.3 is 11.9 Å². The Kier molecular flexibility index (Phi) is 6.03. The molecular weight excluding hydrogens is 291 g/mol. The van der Waals surface area contributed by atoms with Crippen LogP contribution in [0, 0.1) is 28.5 Å². The lowest BCUT2D eigenvalue weighted by molar-refractivity contribution is -0.157. The molecule has 1 rings (SSSR count). The molecule has 0 aliphatic heterocycles. The maximum atomic E-state index is 14.1. The average molecular weight is 304 g/mol. The molecule has 1 aromatic carbocycles. The van der Waals surface area contributed by atoms with Gasteiger partial charge in [0, 0.05) is 5.56 Å². The van der Waals surface area contributed by atoms with Gasteiger partial charge in [-0.2, -0.15) is 10.5 Å². The van der Waals surface area contributed by atoms with Gasteiger partial charge in [-0.25, -0.2) is 4.39 Å². The van der Waals surface area contributed by atoms with Crippen LogP contribution < -0.4 is 0 Å². The Morgan fingerprint density at radius 2 is 1.55 bits per heavy atom. The number of rotatable bonds is 5. The van der Waals surface area contributed by atoms with Crippen LogP contribution in [0.5, 0.6) is 0 Å². The van der Waals surface area contributed by atoms with Crippen LogP contribution in [0.1, 0.15) is 36.5 Å². The summed E-state index contributed by atoms with van der Waals surface area (Å²) in [6.07, 6.45) is 0. The maximum Gasteiger partial charge on any atom is 0.324 e. The van der Waals surface area contributed by atoms with Crippen molar-refractivity contribution >= 4 is 11.9 Å². The number of esters is 2. The van der Waals surface area contributed by atoms with Crippen molar-refractivity contribution in [2.75, 3.05) is 13.2 Å². The zero-order chi connectivity index (χ0) is 16.7. The highest BCUT2D eigenvalue weighted by atomic mass is 19.1. The first kappa shape index (κ1) is 17.1. The third-order valence-corrected chi connectivity index (χ3v) is 2.73. The number of benzene rings is 1. The highest BCUT2D eigenvalue weighted by Gasteiger charge is 2.34. The Balaban J connectivity index is 3.43. The van der Waals surface area contributed by atoms with Gasteiger partial charge in [0.2, 0.25) is 0 Å². The molecule has 0 aromatic heterocycles. The molecule has 0 saturated carbocycles. The molecule has 114 valence electrons. The zero-order valence-electron chi connectivity index (χ0n) is 12.1. The number of nitrogens with zero attached hydrogens (tertiary/aromatic N) is 2. The molecule has 22 heavy (non-hydrogen) atoms. The van der Waals surface area contributed by atoms with Crippen LogP contribution in [0.25, 0.3) is 0 Å². The minimum atomic E-state index is -1.64. The van der Waals surface area contributed by atoms with E-state index in [-0.39, 0.29) is 29.9 Å². The lowest BCUT2D eigenvalue weighted by Gasteiger charge is -2.16. The largest absolute Gasteiger partial charge is 0.465 e. The van der Waals surface area contributed by atoms with Gasteiger partial charge in [-0.1, -0.05) is 0 Å². The number of carbonyl (C=O) groups excluding carboxylic acids is 2. The molecular formula is C15H13FN2O4. The van der Waals surface area contributed by atoms with Crippen molar-refractivity contribution in [2.24, 2.45) is 0 Å². The first-order chi connectivity index (χ1) is 10.5. The van der Waals surface area contributed by atoms with Gasteiger partial charge in [-0.3, -0.25) is 9.59 Å². The summed E-state index contributed by atoms with van der Waals surface area (Å²) in [4.78, 5) is 23.9. The first-order valence-electron chi connectivity index (χ1n) is 6.46. The number of ether oxygens (including phenoxy) is 2. The molecule has 0 radical (unpaired) electrons. The molecule has 0 N–H and O–H groups in total. The number of hydrogen-bond donors (Lipinski definition) is 0. The second kappa shape index (κ2) is 7.75. The van der Waals surface area contributed by atoms with E-state index >= 15 is 0 Å². The molecule has 0 unspecified atom stereocenters. The summed E-state index contributed by atoms with van der Waals surface area (Å²) in [5, 5.41) is 17.8. The highest BCUT2D eigenvalue weighted by molar-refractivity contribution is 6.01. The number of hydrogen-bond acceptors (Lipinski definition) is 6. The predicted molar refractivity (Wildman–Crippen MR) is 71.8 cm³/mol. The van der Waals surface area contributed by atoms with Gasteiger partial charge in [0.1, 0.15) is 18.0 Å². The highest BCUT2D eigenvalue weighted by Crippen LogP contribution is 2.25. The Labute approximate surface area is 126 Å². The summed E-state index contributed by atoms with van der Waals surface area (Å²) >= 11 is 0. The summed E-state index contributed by atoms with van der Waals surface area (Å²) in [6.45, 7) is 3.07. The fourth-order valence-electron chi connectivity index (χ4n) is 1.80. The number of nitriles is 2. The van der Waals surface area contributed by atoms with Gasteiger partial charge in [0.05, 0.1) is 24.3 Å². The van der Waals surface area contributed by atoms with E-state index in [1.165, 1.54) is 13.8 Å². The third kappa shape index (κ3) is 3.58. The van der Waals surface area contributed by atoms with Crippen LogP contribution in [0.3, 0.4) is 0 Å². The van der Waals surface area contributed by atoms with Crippen molar-refractivity contribution in [2.45, 2.75) is 19.8 Å². The molecule has 0 saturated heterocycles. The minimum absolute atomic E-state index is 0.00224. The van der Waals surface area contributed by atoms with Gasteiger partial charge in [-0.15, -0.1) is 0 Å². The molecule has 6 nitrogen and oxygen atoms in total. The molecule has 0 aliphatic carbocycles. The second-order valence-corrected chi connectivity index (χ2v) is 4.08. The Bertz CT molecular complexity index is 655. The number of carbonyl (C=O) groups is 2. The number of halogens is 1. The van der Waals surface area contributed by atoms with Crippen LogP contribution in [-0.4, -0.2) is 25.2 Å². The normalized spacial score (nSPS) is 9.73. The molecule has 0 spiro atoms. The van der Waals surface area contributed by atoms with E-state index in [9.17, 15) is 14.0 Å². The van der Waals surface area contributed by atoms with Crippen LogP contribution in [-0.2, 0) is 19.1 Å². The van der Waals surface area contributed by atoms with E-state index in [2.05, 4.69) is 0 Å². The van der Waals surface area contributed by atoms with Crippen molar-refractivity contribution in [3.8, 4) is 12.1 Å². The average Bonchev–Trinajstić information content (AvgIpc) is 2.49. The van der Waals surface area contributed by atoms with E-state index < -0.39 is 23.7 Å². The molecule has 0 fully saturated rings. The molecule has 1 aromatic rings. The Hall–Kier alpha value is -2.93. The summed E-state index contributed by atoms with van der Waals surface area (Å²) in [5.74, 6) is -4.55. The van der Waals surface area contributed by atoms with E-state index in [1.807, 2.05) is 0 Å².